The van der Waals surface area contributed by atoms with Crippen LogP contribution < -0.4 is 10.6 Å². The Balaban J connectivity index is 1.35. The number of pyridine rings is 1. The first-order valence-corrected chi connectivity index (χ1v) is 11.3. The fraction of sp³-hybridized carbons (Fsp3) is 0.308. The number of hydrogen-bond donors (Lipinski definition) is 2. The molecule has 0 saturated heterocycles. The first-order valence-electron chi connectivity index (χ1n) is 11.3. The lowest BCUT2D eigenvalue weighted by atomic mass is 9.94. The average molecular weight is 445 g/mol. The number of allylic oxidation sites excluding steroid dienone is 2. The number of aryl methyl sites for hydroxylation is 2. The van der Waals surface area contributed by atoms with E-state index in [1.807, 2.05) is 43.3 Å². The van der Waals surface area contributed by atoms with Crippen LogP contribution in [-0.2, 0) is 22.6 Å². The van der Waals surface area contributed by atoms with Gasteiger partial charge in [-0.3, -0.25) is 14.6 Å². The van der Waals surface area contributed by atoms with Crippen LogP contribution in [0.15, 0.2) is 65.4 Å². The summed E-state index contributed by atoms with van der Waals surface area (Å²) in [6.07, 6.45) is 11.3. The van der Waals surface area contributed by atoms with Crippen LogP contribution in [0.5, 0.6) is 0 Å². The van der Waals surface area contributed by atoms with Crippen molar-refractivity contribution in [2.75, 3.05) is 5.32 Å². The minimum atomic E-state index is -0.0689. The molecule has 3 aromatic rings. The number of carbonyl (C=O) groups is 2. The van der Waals surface area contributed by atoms with Crippen molar-refractivity contribution >= 4 is 17.5 Å². The maximum atomic E-state index is 12.4. The summed E-state index contributed by atoms with van der Waals surface area (Å²) in [6, 6.07) is 11.2. The average Bonchev–Trinajstić information content (AvgIpc) is 3.23. The van der Waals surface area contributed by atoms with Crippen LogP contribution in [0.3, 0.4) is 0 Å². The molecule has 2 aromatic heterocycles. The van der Waals surface area contributed by atoms with Gasteiger partial charge in [0.15, 0.2) is 0 Å². The molecule has 7 nitrogen and oxygen atoms in total. The van der Waals surface area contributed by atoms with Crippen LogP contribution in [-0.4, -0.2) is 21.8 Å². The number of oxazole rings is 1. The van der Waals surface area contributed by atoms with Gasteiger partial charge in [-0.1, -0.05) is 24.3 Å². The molecule has 1 unspecified atom stereocenters. The predicted molar refractivity (Wildman–Crippen MR) is 126 cm³/mol. The predicted octanol–water partition coefficient (Wildman–Crippen LogP) is 4.59. The number of amides is 2. The maximum Gasteiger partial charge on any atom is 0.226 e. The van der Waals surface area contributed by atoms with Gasteiger partial charge in [-0.25, -0.2) is 4.98 Å². The van der Waals surface area contributed by atoms with E-state index < -0.39 is 0 Å². The second-order valence-electron chi connectivity index (χ2n) is 8.21. The molecule has 0 radical (unpaired) electrons. The lowest BCUT2D eigenvalue weighted by Gasteiger charge is -2.16. The van der Waals surface area contributed by atoms with Gasteiger partial charge in [0.1, 0.15) is 11.5 Å². The van der Waals surface area contributed by atoms with Crippen molar-refractivity contribution in [2.45, 2.75) is 45.6 Å². The van der Waals surface area contributed by atoms with E-state index in [9.17, 15) is 9.59 Å². The lowest BCUT2D eigenvalue weighted by molar-refractivity contribution is -0.125. The van der Waals surface area contributed by atoms with Gasteiger partial charge in [0, 0.05) is 36.0 Å². The molecule has 2 N–H and O–H groups in total. The molecule has 170 valence electrons. The smallest absolute Gasteiger partial charge is 0.226 e. The van der Waals surface area contributed by atoms with Crippen LogP contribution in [0.4, 0.5) is 5.69 Å². The van der Waals surface area contributed by atoms with Crippen LogP contribution in [0.25, 0.3) is 11.5 Å². The van der Waals surface area contributed by atoms with Crippen molar-refractivity contribution in [2.24, 2.45) is 5.92 Å². The van der Waals surface area contributed by atoms with Crippen LogP contribution in [0.1, 0.15) is 42.7 Å². The molecule has 0 saturated carbocycles. The number of rotatable bonds is 8. The van der Waals surface area contributed by atoms with Gasteiger partial charge >= 0.3 is 0 Å². The molecule has 1 aliphatic rings. The quantitative estimate of drug-likeness (QED) is 0.495. The molecule has 7 heteroatoms. The second-order valence-corrected chi connectivity index (χ2v) is 8.21. The van der Waals surface area contributed by atoms with E-state index in [1.165, 1.54) is 0 Å². The third-order valence-electron chi connectivity index (χ3n) is 5.72. The summed E-state index contributed by atoms with van der Waals surface area (Å²) in [5.74, 6) is 1.14. The van der Waals surface area contributed by atoms with Crippen LogP contribution in [0.2, 0.25) is 0 Å². The van der Waals surface area contributed by atoms with Gasteiger partial charge in [0.2, 0.25) is 17.7 Å². The van der Waals surface area contributed by atoms with Crippen molar-refractivity contribution in [3.05, 3.63) is 78.0 Å². The Morgan fingerprint density at radius 3 is 2.88 bits per heavy atom. The molecule has 0 fully saturated rings. The standard InChI is InChI=1S/C26H28N4O3/c1-18-23(17-28-25(32)20-8-3-2-4-9-20)30-26(33-18)21-10-5-11-22(15-21)29-24(31)13-12-19-7-6-14-27-16-19/h2-3,5-7,10-11,14-16,20H,4,8-9,12-13,17H2,1H3,(H,28,32)(H,29,31). The third-order valence-corrected chi connectivity index (χ3v) is 5.72. The second kappa shape index (κ2) is 10.7. The largest absolute Gasteiger partial charge is 0.441 e. The molecular weight excluding hydrogens is 416 g/mol. The van der Waals surface area contributed by atoms with Gasteiger partial charge in [-0.15, -0.1) is 0 Å². The highest BCUT2D eigenvalue weighted by Gasteiger charge is 2.19. The molecule has 1 aromatic carbocycles. The highest BCUT2D eigenvalue weighted by atomic mass is 16.4. The summed E-state index contributed by atoms with van der Waals surface area (Å²) in [7, 11) is 0. The van der Waals surface area contributed by atoms with Crippen molar-refractivity contribution in [1.82, 2.24) is 15.3 Å². The number of nitrogens with zero attached hydrogens (tertiary/aromatic N) is 2. The fourth-order valence-corrected chi connectivity index (χ4v) is 3.82. The lowest BCUT2D eigenvalue weighted by Crippen LogP contribution is -2.31. The molecule has 33 heavy (non-hydrogen) atoms. The third kappa shape index (κ3) is 6.16. The Morgan fingerprint density at radius 1 is 1.18 bits per heavy atom. The maximum absolute atomic E-state index is 12.4. The van der Waals surface area contributed by atoms with Crippen molar-refractivity contribution < 1.29 is 14.0 Å². The van der Waals surface area contributed by atoms with E-state index >= 15 is 0 Å². The van der Waals surface area contributed by atoms with E-state index in [0.29, 0.717) is 42.4 Å². The van der Waals surface area contributed by atoms with E-state index in [2.05, 4.69) is 32.8 Å². The van der Waals surface area contributed by atoms with Crippen molar-refractivity contribution in [3.8, 4) is 11.5 Å². The van der Waals surface area contributed by atoms with Gasteiger partial charge in [-0.05, 0) is 62.4 Å². The molecule has 0 bridgehead atoms. The number of anilines is 1. The van der Waals surface area contributed by atoms with Crippen LogP contribution >= 0.6 is 0 Å². The number of aromatic nitrogens is 2. The summed E-state index contributed by atoms with van der Waals surface area (Å²) in [6.45, 7) is 2.17. The molecule has 1 atom stereocenters. The van der Waals surface area contributed by atoms with E-state index in [0.717, 1.165) is 30.4 Å². The zero-order chi connectivity index (χ0) is 23.0. The topological polar surface area (TPSA) is 97.1 Å². The Kier molecular flexibility index (Phi) is 7.29. The summed E-state index contributed by atoms with van der Waals surface area (Å²) in [5.41, 5.74) is 3.17. The van der Waals surface area contributed by atoms with Crippen molar-refractivity contribution in [3.63, 3.8) is 0 Å². The Labute approximate surface area is 193 Å². The zero-order valence-electron chi connectivity index (χ0n) is 18.7. The number of nitrogens with one attached hydrogen (secondary N) is 2. The highest BCUT2D eigenvalue weighted by Crippen LogP contribution is 2.25. The summed E-state index contributed by atoms with van der Waals surface area (Å²) in [5, 5.41) is 5.91. The first kappa shape index (κ1) is 22.5. The monoisotopic (exact) mass is 444 g/mol. The van der Waals surface area contributed by atoms with Gasteiger partial charge in [0.25, 0.3) is 0 Å². The minimum absolute atomic E-state index is 0.0279. The first-order chi connectivity index (χ1) is 16.1. The minimum Gasteiger partial charge on any atom is -0.441 e. The SMILES string of the molecule is Cc1oc(-c2cccc(NC(=O)CCc3cccnc3)c2)nc1CNC(=O)C1CC=CCC1. The molecule has 0 spiro atoms. The van der Waals surface area contributed by atoms with Gasteiger partial charge in [-0.2, -0.15) is 0 Å². The molecule has 2 amide bonds. The van der Waals surface area contributed by atoms with Crippen LogP contribution in [0, 0.1) is 12.8 Å². The zero-order valence-corrected chi connectivity index (χ0v) is 18.7. The normalized spacial score (nSPS) is 15.2. The van der Waals surface area contributed by atoms with E-state index in [1.54, 1.807) is 12.4 Å². The summed E-state index contributed by atoms with van der Waals surface area (Å²) >= 11 is 0. The summed E-state index contributed by atoms with van der Waals surface area (Å²) in [4.78, 5) is 33.4. The Morgan fingerprint density at radius 2 is 2.09 bits per heavy atom. The number of benzene rings is 1. The highest BCUT2D eigenvalue weighted by molar-refractivity contribution is 5.91. The number of hydrogen-bond acceptors (Lipinski definition) is 5. The van der Waals surface area contributed by atoms with Gasteiger partial charge in [0.05, 0.1) is 6.54 Å². The summed E-state index contributed by atoms with van der Waals surface area (Å²) < 4.78 is 5.85. The fourth-order valence-electron chi connectivity index (χ4n) is 3.82. The Bertz CT molecular complexity index is 1140. The Hall–Kier alpha value is -3.74. The molecule has 0 aliphatic heterocycles. The molecule has 2 heterocycles. The van der Waals surface area contributed by atoms with Crippen molar-refractivity contribution in [1.29, 1.82) is 0 Å². The molecular formula is C26H28N4O3. The number of carbonyl (C=O) groups excluding carboxylic acids is 2. The van der Waals surface area contributed by atoms with E-state index in [4.69, 9.17) is 4.42 Å². The van der Waals surface area contributed by atoms with Gasteiger partial charge < -0.3 is 15.1 Å². The molecule has 4 rings (SSSR count). The molecule has 1 aliphatic carbocycles. The van der Waals surface area contributed by atoms with E-state index in [-0.39, 0.29) is 17.7 Å².